The Balaban J connectivity index is 2.41. The smallest absolute Gasteiger partial charge is 0.102 e. The molecule has 0 aromatic heterocycles. The highest BCUT2D eigenvalue weighted by Crippen LogP contribution is 2.39. The van der Waals surface area contributed by atoms with E-state index in [1.54, 1.807) is 6.26 Å². The van der Waals surface area contributed by atoms with Gasteiger partial charge >= 0.3 is 0 Å². The van der Waals surface area contributed by atoms with Crippen LogP contribution < -0.4 is 0 Å². The van der Waals surface area contributed by atoms with Crippen LogP contribution in [0, 0.1) is 0 Å². The van der Waals surface area contributed by atoms with E-state index in [1.807, 2.05) is 0 Å². The highest BCUT2D eigenvalue weighted by molar-refractivity contribution is 8.00. The summed E-state index contributed by atoms with van der Waals surface area (Å²) >= 11 is 2.08. The van der Waals surface area contributed by atoms with E-state index in [0.717, 1.165) is 6.61 Å². The van der Waals surface area contributed by atoms with Gasteiger partial charge in [0.05, 0.1) is 6.26 Å². The molecule has 2 heteroatoms. The fourth-order valence-corrected chi connectivity index (χ4v) is 3.04. The summed E-state index contributed by atoms with van der Waals surface area (Å²) in [7, 11) is 0. The Hall–Kier alpha value is -0.110. The van der Waals surface area contributed by atoms with Crippen molar-refractivity contribution in [2.75, 3.05) is 12.4 Å². The maximum Gasteiger partial charge on any atom is 0.102 e. The zero-order valence-corrected chi connectivity index (χ0v) is 8.66. The van der Waals surface area contributed by atoms with Gasteiger partial charge in [0.15, 0.2) is 0 Å². The van der Waals surface area contributed by atoms with Gasteiger partial charge in [0.25, 0.3) is 0 Å². The highest BCUT2D eigenvalue weighted by atomic mass is 32.2. The number of hydrogen-bond acceptors (Lipinski definition) is 2. The normalized spacial score (nSPS) is 29.8. The Morgan fingerprint density at radius 2 is 2.42 bits per heavy atom. The van der Waals surface area contributed by atoms with Gasteiger partial charge in [-0.25, -0.2) is 0 Å². The van der Waals surface area contributed by atoms with Crippen LogP contribution in [0.4, 0.5) is 0 Å². The Morgan fingerprint density at radius 1 is 1.58 bits per heavy atom. The predicted octanol–water partition coefficient (Wildman–Crippen LogP) is 3.21. The SMILES string of the molecule is C=COCC1(CC)CCCCS1. The number of hydrogen-bond donors (Lipinski definition) is 0. The summed E-state index contributed by atoms with van der Waals surface area (Å²) in [6, 6.07) is 0. The quantitative estimate of drug-likeness (QED) is 0.623. The molecule has 1 aliphatic heterocycles. The van der Waals surface area contributed by atoms with Crippen LogP contribution in [0.2, 0.25) is 0 Å². The molecule has 0 radical (unpaired) electrons. The van der Waals surface area contributed by atoms with Crippen LogP contribution in [0.1, 0.15) is 32.6 Å². The molecular weight excluding hydrogens is 168 g/mol. The number of thioether (sulfide) groups is 1. The van der Waals surface area contributed by atoms with Crippen LogP contribution in [0.3, 0.4) is 0 Å². The van der Waals surface area contributed by atoms with Crippen molar-refractivity contribution in [3.8, 4) is 0 Å². The molecule has 0 spiro atoms. The predicted molar refractivity (Wildman–Crippen MR) is 55.5 cm³/mol. The number of ether oxygens (including phenoxy) is 1. The lowest BCUT2D eigenvalue weighted by Gasteiger charge is -2.34. The molecule has 1 saturated heterocycles. The molecule has 0 saturated carbocycles. The zero-order chi connectivity index (χ0) is 8.86. The third kappa shape index (κ3) is 2.44. The van der Waals surface area contributed by atoms with Crippen LogP contribution in [-0.4, -0.2) is 17.1 Å². The summed E-state index contributed by atoms with van der Waals surface area (Å²) in [5, 5.41) is 0. The molecule has 1 fully saturated rings. The Bertz CT molecular complexity index is 139. The van der Waals surface area contributed by atoms with Crippen molar-refractivity contribution in [2.24, 2.45) is 0 Å². The molecule has 0 N–H and O–H groups in total. The lowest BCUT2D eigenvalue weighted by Crippen LogP contribution is -2.32. The molecule has 0 bridgehead atoms. The first-order valence-electron chi connectivity index (χ1n) is 4.69. The minimum absolute atomic E-state index is 0.395. The monoisotopic (exact) mass is 186 g/mol. The largest absolute Gasteiger partial charge is 0.500 e. The topological polar surface area (TPSA) is 9.23 Å². The second-order valence-corrected chi connectivity index (χ2v) is 4.88. The third-order valence-electron chi connectivity index (χ3n) is 2.54. The van der Waals surface area contributed by atoms with E-state index in [0.29, 0.717) is 4.75 Å². The van der Waals surface area contributed by atoms with Crippen molar-refractivity contribution in [1.82, 2.24) is 0 Å². The van der Waals surface area contributed by atoms with E-state index < -0.39 is 0 Å². The van der Waals surface area contributed by atoms with Crippen LogP contribution in [0.25, 0.3) is 0 Å². The molecule has 1 unspecified atom stereocenters. The van der Waals surface area contributed by atoms with E-state index in [4.69, 9.17) is 4.74 Å². The first kappa shape index (κ1) is 9.97. The Kier molecular flexibility index (Phi) is 3.99. The summed E-state index contributed by atoms with van der Waals surface area (Å²) in [5.74, 6) is 1.30. The maximum absolute atomic E-state index is 5.31. The Labute approximate surface area is 79.6 Å². The van der Waals surface area contributed by atoms with Gasteiger partial charge in [-0.1, -0.05) is 19.9 Å². The lowest BCUT2D eigenvalue weighted by molar-refractivity contribution is 0.201. The molecule has 1 rings (SSSR count). The van der Waals surface area contributed by atoms with E-state index in [-0.39, 0.29) is 0 Å². The molecule has 1 aliphatic rings. The summed E-state index contributed by atoms with van der Waals surface area (Å²) in [6.07, 6.45) is 6.82. The fourth-order valence-electron chi connectivity index (χ4n) is 1.62. The van der Waals surface area contributed by atoms with E-state index in [1.165, 1.54) is 31.4 Å². The van der Waals surface area contributed by atoms with Gasteiger partial charge in [0, 0.05) is 4.75 Å². The van der Waals surface area contributed by atoms with Gasteiger partial charge < -0.3 is 4.74 Å². The van der Waals surface area contributed by atoms with Crippen molar-refractivity contribution < 1.29 is 4.74 Å². The minimum Gasteiger partial charge on any atom is -0.500 e. The molecule has 0 amide bonds. The first-order valence-corrected chi connectivity index (χ1v) is 5.68. The second kappa shape index (κ2) is 4.80. The van der Waals surface area contributed by atoms with Crippen molar-refractivity contribution in [1.29, 1.82) is 0 Å². The lowest BCUT2D eigenvalue weighted by atomic mass is 9.98. The molecule has 0 aromatic rings. The molecule has 0 aliphatic carbocycles. The van der Waals surface area contributed by atoms with Gasteiger partial charge in [-0.05, 0) is 25.0 Å². The van der Waals surface area contributed by atoms with Gasteiger partial charge in [-0.2, -0.15) is 11.8 Å². The highest BCUT2D eigenvalue weighted by Gasteiger charge is 2.31. The van der Waals surface area contributed by atoms with Crippen LogP contribution in [0.15, 0.2) is 12.8 Å². The van der Waals surface area contributed by atoms with E-state index in [2.05, 4.69) is 25.3 Å². The van der Waals surface area contributed by atoms with Crippen molar-refractivity contribution >= 4 is 11.8 Å². The molecule has 1 heterocycles. The van der Waals surface area contributed by atoms with E-state index >= 15 is 0 Å². The molecule has 12 heavy (non-hydrogen) atoms. The zero-order valence-electron chi connectivity index (χ0n) is 7.84. The maximum atomic E-state index is 5.31. The molecule has 1 atom stereocenters. The van der Waals surface area contributed by atoms with Gasteiger partial charge in [-0.15, -0.1) is 0 Å². The molecular formula is C10H18OS. The second-order valence-electron chi connectivity index (χ2n) is 3.32. The minimum atomic E-state index is 0.395. The van der Waals surface area contributed by atoms with Gasteiger partial charge in [-0.3, -0.25) is 0 Å². The number of rotatable bonds is 4. The fraction of sp³-hybridized carbons (Fsp3) is 0.800. The van der Waals surface area contributed by atoms with E-state index in [9.17, 15) is 0 Å². The van der Waals surface area contributed by atoms with Crippen molar-refractivity contribution in [3.63, 3.8) is 0 Å². The van der Waals surface area contributed by atoms with Crippen LogP contribution in [0.5, 0.6) is 0 Å². The summed E-state index contributed by atoms with van der Waals surface area (Å²) < 4.78 is 5.71. The summed E-state index contributed by atoms with van der Waals surface area (Å²) in [6.45, 7) is 6.68. The summed E-state index contributed by atoms with van der Waals surface area (Å²) in [5.41, 5.74) is 0. The first-order chi connectivity index (χ1) is 5.83. The van der Waals surface area contributed by atoms with Crippen molar-refractivity contribution in [2.45, 2.75) is 37.4 Å². The molecule has 70 valence electrons. The van der Waals surface area contributed by atoms with Gasteiger partial charge in [0.2, 0.25) is 0 Å². The Morgan fingerprint density at radius 3 is 2.92 bits per heavy atom. The molecule has 1 nitrogen and oxygen atoms in total. The standard InChI is InChI=1S/C10H18OS/c1-3-10(9-11-4-2)7-5-6-8-12-10/h4H,2-3,5-9H2,1H3. The van der Waals surface area contributed by atoms with Crippen LogP contribution >= 0.6 is 11.8 Å². The van der Waals surface area contributed by atoms with Crippen LogP contribution in [-0.2, 0) is 4.74 Å². The van der Waals surface area contributed by atoms with Crippen molar-refractivity contribution in [3.05, 3.63) is 12.8 Å². The average molecular weight is 186 g/mol. The molecule has 0 aromatic carbocycles. The third-order valence-corrected chi connectivity index (χ3v) is 4.26. The van der Waals surface area contributed by atoms with Gasteiger partial charge in [0.1, 0.15) is 6.61 Å². The summed E-state index contributed by atoms with van der Waals surface area (Å²) in [4.78, 5) is 0. The average Bonchev–Trinajstić information content (AvgIpc) is 2.16.